The summed E-state index contributed by atoms with van der Waals surface area (Å²) in [7, 11) is 0. The summed E-state index contributed by atoms with van der Waals surface area (Å²) in [5.41, 5.74) is 3.12. The van der Waals surface area contributed by atoms with Crippen molar-refractivity contribution in [3.8, 4) is 22.9 Å². The number of ether oxygens (including phenoxy) is 1. The molecule has 0 fully saturated rings. The van der Waals surface area contributed by atoms with Crippen molar-refractivity contribution in [3.63, 3.8) is 0 Å². The SMILES string of the molecule is CCCSc1nc([O-])c2[n+](n1)C(c1cc(Cl)ccc1OCc1ccccc1)N(C(C)=O)c1ccccc1-2. The molecule has 1 aliphatic rings. The minimum atomic E-state index is -0.802. The number of hydrogen-bond donors (Lipinski definition) is 0. The van der Waals surface area contributed by atoms with E-state index in [-0.39, 0.29) is 5.91 Å². The highest BCUT2D eigenvalue weighted by molar-refractivity contribution is 7.99. The summed E-state index contributed by atoms with van der Waals surface area (Å²) < 4.78 is 7.85. The van der Waals surface area contributed by atoms with Crippen LogP contribution in [-0.2, 0) is 11.4 Å². The van der Waals surface area contributed by atoms with Crippen LogP contribution in [0, 0.1) is 0 Å². The Labute approximate surface area is 224 Å². The van der Waals surface area contributed by atoms with Crippen molar-refractivity contribution in [1.82, 2.24) is 10.1 Å². The highest BCUT2D eigenvalue weighted by atomic mass is 35.5. The summed E-state index contributed by atoms with van der Waals surface area (Å²) in [6, 6.07) is 22.4. The van der Waals surface area contributed by atoms with Crippen LogP contribution in [0.4, 0.5) is 5.69 Å². The Morgan fingerprint density at radius 1 is 1.14 bits per heavy atom. The normalized spacial score (nSPS) is 14.1. The molecule has 0 N–H and O–H groups in total. The Bertz CT molecular complexity index is 1450. The van der Waals surface area contributed by atoms with Crippen molar-refractivity contribution in [1.29, 1.82) is 0 Å². The molecule has 37 heavy (non-hydrogen) atoms. The quantitative estimate of drug-likeness (QED) is 0.242. The number of nitrogens with zero attached hydrogens (tertiary/aromatic N) is 4. The van der Waals surface area contributed by atoms with E-state index >= 15 is 0 Å². The fourth-order valence-electron chi connectivity index (χ4n) is 4.40. The molecule has 0 aliphatic carbocycles. The molecule has 0 saturated carbocycles. The number of benzene rings is 3. The molecule has 3 aromatic carbocycles. The molecule has 1 amide bonds. The number of halogens is 1. The molecular weight excluding hydrogens is 508 g/mol. The van der Waals surface area contributed by atoms with Crippen LogP contribution >= 0.6 is 23.4 Å². The van der Waals surface area contributed by atoms with Crippen molar-refractivity contribution in [3.05, 3.63) is 88.9 Å². The van der Waals surface area contributed by atoms with Gasteiger partial charge in [0.25, 0.3) is 17.0 Å². The first-order chi connectivity index (χ1) is 18.0. The van der Waals surface area contributed by atoms with Gasteiger partial charge in [0, 0.05) is 22.8 Å². The predicted octanol–water partition coefficient (Wildman–Crippen LogP) is 5.15. The Kier molecular flexibility index (Phi) is 7.30. The van der Waals surface area contributed by atoms with Gasteiger partial charge in [-0.2, -0.15) is 0 Å². The van der Waals surface area contributed by atoms with E-state index in [0.717, 1.165) is 17.7 Å². The summed E-state index contributed by atoms with van der Waals surface area (Å²) in [6.07, 6.45) is 0.102. The molecule has 1 aromatic heterocycles. The number of amides is 1. The molecule has 2 heterocycles. The molecule has 5 rings (SSSR count). The van der Waals surface area contributed by atoms with E-state index in [1.54, 1.807) is 27.8 Å². The largest absolute Gasteiger partial charge is 0.854 e. The number of anilines is 1. The molecule has 1 aliphatic heterocycles. The number of para-hydroxylation sites is 1. The summed E-state index contributed by atoms with van der Waals surface area (Å²) in [5.74, 6) is 0.691. The standard InChI is InChI=1S/C28H25ClN4O3S/c1-3-15-37-28-30-26(35)25-21-11-7-8-12-23(21)32(18(2)34)27(33(25)31-28)22-16-20(29)13-14-24(22)36-17-19-9-5-4-6-10-19/h4-14,16,27H,3,15,17H2,1-2H3. The van der Waals surface area contributed by atoms with Crippen LogP contribution in [0.15, 0.2) is 78.0 Å². The molecule has 0 radical (unpaired) electrons. The topological polar surface area (TPSA) is 82.3 Å². The lowest BCUT2D eigenvalue weighted by Crippen LogP contribution is -2.58. The van der Waals surface area contributed by atoms with Crippen LogP contribution < -0.4 is 19.4 Å². The molecular formula is C28H25ClN4O3S. The van der Waals surface area contributed by atoms with Crippen LogP contribution in [-0.4, -0.2) is 21.7 Å². The van der Waals surface area contributed by atoms with Gasteiger partial charge in [-0.05, 0) is 42.3 Å². The zero-order valence-corrected chi connectivity index (χ0v) is 22.0. The molecule has 4 aromatic rings. The first kappa shape index (κ1) is 25.0. The van der Waals surface area contributed by atoms with Gasteiger partial charge in [0.05, 0.1) is 22.7 Å². The zero-order chi connectivity index (χ0) is 25.9. The second kappa shape index (κ2) is 10.8. The third-order valence-electron chi connectivity index (χ3n) is 5.98. The lowest BCUT2D eigenvalue weighted by molar-refractivity contribution is -0.764. The first-order valence-electron chi connectivity index (χ1n) is 12.0. The van der Waals surface area contributed by atoms with Gasteiger partial charge in [-0.25, -0.2) is 9.88 Å². The van der Waals surface area contributed by atoms with E-state index < -0.39 is 12.0 Å². The molecule has 9 heteroatoms. The van der Waals surface area contributed by atoms with E-state index in [9.17, 15) is 9.90 Å². The fraction of sp³-hybridized carbons (Fsp3) is 0.214. The third-order valence-corrected chi connectivity index (χ3v) is 7.26. The van der Waals surface area contributed by atoms with Crippen LogP contribution in [0.1, 0.15) is 37.6 Å². The fourth-order valence-corrected chi connectivity index (χ4v) is 5.26. The average molecular weight is 533 g/mol. The number of rotatable bonds is 7. The van der Waals surface area contributed by atoms with E-state index in [2.05, 4.69) is 11.9 Å². The molecule has 1 atom stereocenters. The Hall–Kier alpha value is -3.62. The van der Waals surface area contributed by atoms with Crippen molar-refractivity contribution >= 4 is 35.0 Å². The Morgan fingerprint density at radius 2 is 1.89 bits per heavy atom. The molecule has 188 valence electrons. The maximum absolute atomic E-state index is 13.4. The van der Waals surface area contributed by atoms with Crippen LogP contribution in [0.25, 0.3) is 11.3 Å². The number of fused-ring (bicyclic) bond motifs is 3. The number of thioether (sulfide) groups is 1. The number of carbonyl (C=O) groups excluding carboxylic acids is 1. The van der Waals surface area contributed by atoms with Gasteiger partial charge in [0.1, 0.15) is 12.4 Å². The van der Waals surface area contributed by atoms with Gasteiger partial charge >= 0.3 is 0 Å². The average Bonchev–Trinajstić information content (AvgIpc) is 2.90. The van der Waals surface area contributed by atoms with Crippen molar-refractivity contribution in [2.24, 2.45) is 0 Å². The van der Waals surface area contributed by atoms with Gasteiger partial charge in [0.15, 0.2) is 0 Å². The smallest absolute Gasteiger partial charge is 0.296 e. The highest BCUT2D eigenvalue weighted by Crippen LogP contribution is 2.43. The summed E-state index contributed by atoms with van der Waals surface area (Å²) in [5, 5.41) is 19.0. The van der Waals surface area contributed by atoms with Crippen molar-refractivity contribution < 1.29 is 19.3 Å². The predicted molar refractivity (Wildman–Crippen MR) is 142 cm³/mol. The number of aromatic nitrogens is 3. The van der Waals surface area contributed by atoms with E-state index in [4.69, 9.17) is 21.4 Å². The van der Waals surface area contributed by atoms with Crippen LogP contribution in [0.5, 0.6) is 11.6 Å². The second-order valence-corrected chi connectivity index (χ2v) is 10.1. The number of hydrogen-bond acceptors (Lipinski definition) is 6. The van der Waals surface area contributed by atoms with Gasteiger partial charge < -0.3 is 9.84 Å². The van der Waals surface area contributed by atoms with Gasteiger partial charge in [-0.15, -0.1) is 0 Å². The summed E-state index contributed by atoms with van der Waals surface area (Å²) in [6.45, 7) is 3.87. The third kappa shape index (κ3) is 4.99. The maximum atomic E-state index is 13.4. The van der Waals surface area contributed by atoms with E-state index in [0.29, 0.717) is 45.0 Å². The molecule has 0 saturated heterocycles. The zero-order valence-electron chi connectivity index (χ0n) is 20.4. The molecule has 0 spiro atoms. The van der Waals surface area contributed by atoms with Gasteiger partial charge in [-0.3, -0.25) is 4.79 Å². The minimum Gasteiger partial charge on any atom is -0.854 e. The Balaban J connectivity index is 1.71. The Morgan fingerprint density at radius 3 is 2.65 bits per heavy atom. The minimum absolute atomic E-state index is 0.210. The summed E-state index contributed by atoms with van der Waals surface area (Å²) in [4.78, 5) is 19.1. The van der Waals surface area contributed by atoms with Crippen molar-refractivity contribution in [2.45, 2.75) is 38.2 Å². The monoisotopic (exact) mass is 532 g/mol. The van der Waals surface area contributed by atoms with Crippen LogP contribution in [0.3, 0.4) is 0 Å². The maximum Gasteiger partial charge on any atom is 0.296 e. The second-order valence-electron chi connectivity index (χ2n) is 8.58. The van der Waals surface area contributed by atoms with E-state index in [1.807, 2.05) is 54.6 Å². The van der Waals surface area contributed by atoms with Gasteiger partial charge in [0.2, 0.25) is 5.91 Å². The van der Waals surface area contributed by atoms with E-state index in [1.165, 1.54) is 18.7 Å². The summed E-state index contributed by atoms with van der Waals surface area (Å²) >= 11 is 7.88. The van der Waals surface area contributed by atoms with Gasteiger partial charge in [-0.1, -0.05) is 77.4 Å². The molecule has 1 unspecified atom stereocenters. The lowest BCUT2D eigenvalue weighted by atomic mass is 10.0. The molecule has 0 bridgehead atoms. The first-order valence-corrected chi connectivity index (χ1v) is 13.3. The van der Waals surface area contributed by atoms with Crippen LogP contribution in [0.2, 0.25) is 5.02 Å². The highest BCUT2D eigenvalue weighted by Gasteiger charge is 2.45. The van der Waals surface area contributed by atoms with Crippen molar-refractivity contribution in [2.75, 3.05) is 10.7 Å². The lowest BCUT2D eigenvalue weighted by Gasteiger charge is -2.33. The number of carbonyl (C=O) groups is 1. The molecule has 7 nitrogen and oxygen atoms in total.